The van der Waals surface area contributed by atoms with Crippen molar-refractivity contribution >= 4 is 22.6 Å². The molecule has 1 aliphatic rings. The third-order valence-corrected chi connectivity index (χ3v) is 6.70. The summed E-state index contributed by atoms with van der Waals surface area (Å²) in [5.41, 5.74) is 2.69. The number of rotatable bonds is 5. The molecule has 2 aromatic carbocycles. The van der Waals surface area contributed by atoms with Crippen LogP contribution in [0.5, 0.6) is 17.2 Å². The SMILES string of the molecule is COc1ccc(C2CC(=O)Oc3c(O)cc4c(C)cc(=O)oc4c32)cc1Cn1nc(C)c([N+](=O)[O-])c1C. The Morgan fingerprint density at radius 3 is 2.65 bits per heavy atom. The molecule has 0 fully saturated rings. The van der Waals surface area contributed by atoms with Crippen molar-refractivity contribution in [3.63, 3.8) is 0 Å². The van der Waals surface area contributed by atoms with E-state index in [9.17, 15) is 24.8 Å². The first-order valence-corrected chi connectivity index (χ1v) is 11.4. The zero-order chi connectivity index (χ0) is 26.6. The number of hydrogen-bond donors (Lipinski definition) is 1. The van der Waals surface area contributed by atoms with Crippen molar-refractivity contribution in [2.75, 3.05) is 7.11 Å². The number of aromatic nitrogens is 2. The van der Waals surface area contributed by atoms with Crippen molar-refractivity contribution in [1.29, 1.82) is 0 Å². The molecule has 37 heavy (non-hydrogen) atoms. The molecule has 2 aromatic heterocycles. The summed E-state index contributed by atoms with van der Waals surface area (Å²) in [6.07, 6.45) is -0.0552. The average Bonchev–Trinajstić information content (AvgIpc) is 3.12. The van der Waals surface area contributed by atoms with Gasteiger partial charge in [-0.25, -0.2) is 4.79 Å². The number of hydrogen-bond acceptors (Lipinski definition) is 9. The number of benzene rings is 2. The number of carbonyl (C=O) groups is 1. The van der Waals surface area contributed by atoms with Gasteiger partial charge >= 0.3 is 17.3 Å². The molecule has 3 heterocycles. The molecule has 1 unspecified atom stereocenters. The maximum absolute atomic E-state index is 12.6. The van der Waals surface area contributed by atoms with Gasteiger partial charge in [-0.3, -0.25) is 19.6 Å². The monoisotopic (exact) mass is 505 g/mol. The Kier molecular flexibility index (Phi) is 5.70. The maximum atomic E-state index is 12.6. The Morgan fingerprint density at radius 2 is 1.97 bits per heavy atom. The van der Waals surface area contributed by atoms with Crippen molar-refractivity contribution in [2.45, 2.75) is 39.7 Å². The van der Waals surface area contributed by atoms with Crippen LogP contribution in [-0.2, 0) is 11.3 Å². The Hall–Kier alpha value is -4.67. The van der Waals surface area contributed by atoms with E-state index in [1.54, 1.807) is 32.9 Å². The first kappa shape index (κ1) is 24.0. The van der Waals surface area contributed by atoms with E-state index < -0.39 is 22.4 Å². The number of carbonyl (C=O) groups excluding carboxylic acids is 1. The fraction of sp³-hybridized carbons (Fsp3) is 0.269. The smallest absolute Gasteiger partial charge is 0.336 e. The topological polar surface area (TPSA) is 147 Å². The van der Waals surface area contributed by atoms with Gasteiger partial charge in [0.2, 0.25) is 0 Å². The van der Waals surface area contributed by atoms with Crippen molar-refractivity contribution in [2.24, 2.45) is 0 Å². The van der Waals surface area contributed by atoms with Crippen molar-refractivity contribution in [3.05, 3.63) is 84.5 Å². The van der Waals surface area contributed by atoms with Gasteiger partial charge in [0.05, 0.1) is 30.6 Å². The van der Waals surface area contributed by atoms with Gasteiger partial charge < -0.3 is 19.0 Å². The molecule has 0 saturated heterocycles. The van der Waals surface area contributed by atoms with Crippen LogP contribution in [-0.4, -0.2) is 32.9 Å². The largest absolute Gasteiger partial charge is 0.504 e. The minimum absolute atomic E-state index is 0.0472. The first-order chi connectivity index (χ1) is 17.6. The minimum Gasteiger partial charge on any atom is -0.504 e. The summed E-state index contributed by atoms with van der Waals surface area (Å²) in [7, 11) is 1.51. The summed E-state index contributed by atoms with van der Waals surface area (Å²) < 4.78 is 18.0. The van der Waals surface area contributed by atoms with Crippen LogP contribution >= 0.6 is 0 Å². The van der Waals surface area contributed by atoms with Crippen LogP contribution in [0.1, 0.15) is 46.0 Å². The van der Waals surface area contributed by atoms with Crippen LogP contribution in [0, 0.1) is 30.9 Å². The minimum atomic E-state index is -0.602. The lowest BCUT2D eigenvalue weighted by molar-refractivity contribution is -0.386. The van der Waals surface area contributed by atoms with Crippen molar-refractivity contribution < 1.29 is 28.7 Å². The second-order valence-electron chi connectivity index (χ2n) is 9.00. The zero-order valence-corrected chi connectivity index (χ0v) is 20.5. The number of aryl methyl sites for hydroxylation is 2. The molecule has 0 radical (unpaired) electrons. The molecule has 0 bridgehead atoms. The third kappa shape index (κ3) is 3.98. The number of phenols is 1. The molecule has 1 N–H and O–H groups in total. The highest BCUT2D eigenvalue weighted by atomic mass is 16.6. The number of phenolic OH excluding ortho intramolecular Hbond substituents is 1. The second-order valence-corrected chi connectivity index (χ2v) is 9.00. The van der Waals surface area contributed by atoms with Crippen LogP contribution in [0.4, 0.5) is 5.69 Å². The molecule has 11 nitrogen and oxygen atoms in total. The van der Waals surface area contributed by atoms with Gasteiger partial charge in [0, 0.05) is 22.9 Å². The fourth-order valence-electron chi connectivity index (χ4n) is 4.98. The summed E-state index contributed by atoms with van der Waals surface area (Å²) in [5.74, 6) is -0.903. The number of ether oxygens (including phenoxy) is 2. The third-order valence-electron chi connectivity index (χ3n) is 6.70. The van der Waals surface area contributed by atoms with E-state index in [4.69, 9.17) is 13.9 Å². The summed E-state index contributed by atoms with van der Waals surface area (Å²) in [6, 6.07) is 8.08. The molecule has 5 rings (SSSR count). The van der Waals surface area contributed by atoms with Crippen LogP contribution < -0.4 is 15.1 Å². The molecule has 4 aromatic rings. The highest BCUT2D eigenvalue weighted by Gasteiger charge is 2.35. The molecule has 0 spiro atoms. The molecular weight excluding hydrogens is 482 g/mol. The first-order valence-electron chi connectivity index (χ1n) is 11.4. The van der Waals surface area contributed by atoms with E-state index in [1.165, 1.54) is 23.9 Å². The number of aromatic hydroxyl groups is 1. The van der Waals surface area contributed by atoms with E-state index >= 15 is 0 Å². The number of methoxy groups -OCH3 is 1. The summed E-state index contributed by atoms with van der Waals surface area (Å²) in [4.78, 5) is 35.8. The highest BCUT2D eigenvalue weighted by Crippen LogP contribution is 2.48. The fourth-order valence-corrected chi connectivity index (χ4v) is 4.98. The highest BCUT2D eigenvalue weighted by molar-refractivity contribution is 5.92. The lowest BCUT2D eigenvalue weighted by atomic mass is 9.84. The van der Waals surface area contributed by atoms with Gasteiger partial charge in [0.1, 0.15) is 22.7 Å². The summed E-state index contributed by atoms with van der Waals surface area (Å²) >= 11 is 0. The summed E-state index contributed by atoms with van der Waals surface area (Å²) in [6.45, 7) is 5.11. The predicted octanol–water partition coefficient (Wildman–Crippen LogP) is 4.03. The Labute approximate surface area is 210 Å². The number of esters is 1. The maximum Gasteiger partial charge on any atom is 0.336 e. The van der Waals surface area contributed by atoms with E-state index in [0.717, 1.165) is 0 Å². The van der Waals surface area contributed by atoms with Gasteiger partial charge in [-0.2, -0.15) is 5.10 Å². The van der Waals surface area contributed by atoms with Gasteiger partial charge in [0.25, 0.3) is 0 Å². The predicted molar refractivity (Wildman–Crippen MR) is 131 cm³/mol. The van der Waals surface area contributed by atoms with Crippen LogP contribution in [0.2, 0.25) is 0 Å². The standard InChI is InChI=1S/C26H23N3O8/c1-12-7-21(31)36-25-17(12)9-19(30)26-23(25)18(10-22(32)37-26)15-5-6-20(35-4)16(8-15)11-28-14(3)24(29(33)34)13(2)27-28/h5-9,18,30H,10-11H2,1-4H3. The molecule has 0 amide bonds. The van der Waals surface area contributed by atoms with Gasteiger partial charge in [-0.1, -0.05) is 6.07 Å². The molecule has 1 aliphatic heterocycles. The molecule has 11 heteroatoms. The van der Waals surface area contributed by atoms with Gasteiger partial charge in [0.15, 0.2) is 11.5 Å². The number of nitrogens with zero attached hydrogens (tertiary/aromatic N) is 3. The van der Waals surface area contributed by atoms with E-state index in [0.29, 0.717) is 44.8 Å². The molecule has 1 atom stereocenters. The number of fused-ring (bicyclic) bond motifs is 3. The molecular formula is C26H23N3O8. The Balaban J connectivity index is 1.68. The molecule has 190 valence electrons. The summed E-state index contributed by atoms with van der Waals surface area (Å²) in [5, 5.41) is 27.0. The van der Waals surface area contributed by atoms with Crippen LogP contribution in [0.3, 0.4) is 0 Å². The van der Waals surface area contributed by atoms with Gasteiger partial charge in [-0.05, 0) is 50.1 Å². The zero-order valence-electron chi connectivity index (χ0n) is 20.5. The normalized spacial score (nSPS) is 14.9. The van der Waals surface area contributed by atoms with Crippen LogP contribution in [0.25, 0.3) is 11.0 Å². The Morgan fingerprint density at radius 1 is 1.22 bits per heavy atom. The quantitative estimate of drug-likeness (QED) is 0.140. The molecule has 0 aliphatic carbocycles. The lowest BCUT2D eigenvalue weighted by Crippen LogP contribution is -2.22. The van der Waals surface area contributed by atoms with E-state index in [1.807, 2.05) is 6.07 Å². The average molecular weight is 505 g/mol. The van der Waals surface area contributed by atoms with E-state index in [2.05, 4.69) is 5.10 Å². The van der Waals surface area contributed by atoms with Crippen LogP contribution in [0.15, 0.2) is 39.5 Å². The van der Waals surface area contributed by atoms with Crippen molar-refractivity contribution in [1.82, 2.24) is 9.78 Å². The number of nitro groups is 1. The van der Waals surface area contributed by atoms with Crippen molar-refractivity contribution in [3.8, 4) is 17.2 Å². The lowest BCUT2D eigenvalue weighted by Gasteiger charge is -2.27. The second kappa shape index (κ2) is 8.77. The molecule has 0 saturated carbocycles. The Bertz CT molecular complexity index is 1670. The van der Waals surface area contributed by atoms with E-state index in [-0.39, 0.29) is 35.7 Å². The van der Waals surface area contributed by atoms with Gasteiger partial charge in [-0.15, -0.1) is 0 Å².